The van der Waals surface area contributed by atoms with Gasteiger partial charge in [-0.05, 0) is 31.1 Å². The molecule has 4 nitrogen and oxygen atoms in total. The largest absolute Gasteiger partial charge is 0.478 e. The molecule has 0 atom stereocenters. The van der Waals surface area contributed by atoms with Gasteiger partial charge < -0.3 is 10.0 Å². The summed E-state index contributed by atoms with van der Waals surface area (Å²) in [5, 5.41) is 8.60. The van der Waals surface area contributed by atoms with E-state index < -0.39 is 5.97 Å². The highest BCUT2D eigenvalue weighted by Crippen LogP contribution is 2.21. The summed E-state index contributed by atoms with van der Waals surface area (Å²) in [5.74, 6) is -0.901. The summed E-state index contributed by atoms with van der Waals surface area (Å²) in [4.78, 5) is 26.3. The average Bonchev–Trinajstić information content (AvgIpc) is 2.84. The Balaban J connectivity index is 2.02. The van der Waals surface area contributed by atoms with E-state index in [1.807, 2.05) is 4.90 Å². The maximum atomic E-state index is 12.4. The smallest absolute Gasteiger partial charge is 0.328 e. The van der Waals surface area contributed by atoms with Gasteiger partial charge in [-0.2, -0.15) is 0 Å². The zero-order chi connectivity index (χ0) is 14.4. The van der Waals surface area contributed by atoms with Crippen LogP contribution >= 0.6 is 11.3 Å². The van der Waals surface area contributed by atoms with Crippen LogP contribution in [0.4, 0.5) is 0 Å². The second-order valence-electron chi connectivity index (χ2n) is 4.93. The average molecular weight is 293 g/mol. The predicted molar refractivity (Wildman–Crippen MR) is 80.0 cm³/mol. The van der Waals surface area contributed by atoms with Crippen LogP contribution in [0.2, 0.25) is 0 Å². The molecule has 0 aromatic carbocycles. The van der Waals surface area contributed by atoms with Gasteiger partial charge in [-0.15, -0.1) is 11.3 Å². The number of aliphatic carboxylic acids is 1. The Labute approximate surface area is 122 Å². The summed E-state index contributed by atoms with van der Waals surface area (Å²) >= 11 is 1.35. The normalized spacial score (nSPS) is 16.9. The zero-order valence-electron chi connectivity index (χ0n) is 11.4. The highest BCUT2D eigenvalue weighted by atomic mass is 32.1. The Morgan fingerprint density at radius 1 is 1.10 bits per heavy atom. The number of likely N-dealkylation sites (tertiary alicyclic amines) is 1. The Hall–Kier alpha value is -1.62. The Morgan fingerprint density at radius 2 is 1.75 bits per heavy atom. The van der Waals surface area contributed by atoms with Gasteiger partial charge in [0.2, 0.25) is 0 Å². The fourth-order valence-corrected chi connectivity index (χ4v) is 3.20. The van der Waals surface area contributed by atoms with Gasteiger partial charge in [-0.25, -0.2) is 4.79 Å². The van der Waals surface area contributed by atoms with Crippen LogP contribution in [0.5, 0.6) is 0 Å². The molecule has 1 aromatic rings. The van der Waals surface area contributed by atoms with Gasteiger partial charge in [0.25, 0.3) is 5.91 Å². The lowest BCUT2D eigenvalue weighted by molar-refractivity contribution is -0.131. The number of carbonyl (C=O) groups excluding carboxylic acids is 1. The molecule has 1 fully saturated rings. The summed E-state index contributed by atoms with van der Waals surface area (Å²) < 4.78 is 0. The molecule has 2 rings (SSSR count). The molecule has 0 spiro atoms. The van der Waals surface area contributed by atoms with Crippen LogP contribution in [0.15, 0.2) is 18.2 Å². The van der Waals surface area contributed by atoms with Crippen LogP contribution in [0.1, 0.15) is 46.7 Å². The van der Waals surface area contributed by atoms with Crippen molar-refractivity contribution in [2.75, 3.05) is 13.1 Å². The second kappa shape index (κ2) is 7.24. The van der Waals surface area contributed by atoms with Gasteiger partial charge >= 0.3 is 5.97 Å². The lowest BCUT2D eigenvalue weighted by atomic mass is 10.1. The zero-order valence-corrected chi connectivity index (χ0v) is 12.2. The van der Waals surface area contributed by atoms with Gasteiger partial charge in [0.1, 0.15) is 0 Å². The summed E-state index contributed by atoms with van der Waals surface area (Å²) in [6.45, 7) is 1.66. The third kappa shape index (κ3) is 4.20. The van der Waals surface area contributed by atoms with Crippen molar-refractivity contribution >= 4 is 29.3 Å². The first-order chi connectivity index (χ1) is 9.66. The number of rotatable bonds is 3. The standard InChI is InChI=1S/C15H19NO3S/c17-14(18)9-7-12-6-8-13(20-12)15(19)16-10-4-2-1-3-5-11-16/h6-9H,1-5,10-11H2,(H,17,18). The molecule has 0 bridgehead atoms. The molecule has 20 heavy (non-hydrogen) atoms. The fraction of sp³-hybridized carbons (Fsp3) is 0.467. The van der Waals surface area contributed by atoms with Crippen LogP contribution in [0.3, 0.4) is 0 Å². The summed E-state index contributed by atoms with van der Waals surface area (Å²) in [6.07, 6.45) is 8.42. The molecule has 108 valence electrons. The van der Waals surface area contributed by atoms with Gasteiger partial charge in [0, 0.05) is 24.0 Å². The molecule has 0 aliphatic carbocycles. The monoisotopic (exact) mass is 293 g/mol. The second-order valence-corrected chi connectivity index (χ2v) is 6.05. The van der Waals surface area contributed by atoms with Crippen molar-refractivity contribution in [3.63, 3.8) is 0 Å². The molecule has 1 amide bonds. The molecule has 0 radical (unpaired) electrons. The Kier molecular flexibility index (Phi) is 5.35. The number of carbonyl (C=O) groups is 2. The fourth-order valence-electron chi connectivity index (χ4n) is 2.32. The van der Waals surface area contributed by atoms with Crippen molar-refractivity contribution in [2.45, 2.75) is 32.1 Å². The van der Waals surface area contributed by atoms with E-state index in [0.717, 1.165) is 36.9 Å². The first-order valence-electron chi connectivity index (χ1n) is 6.97. The summed E-state index contributed by atoms with van der Waals surface area (Å²) in [5.41, 5.74) is 0. The van der Waals surface area contributed by atoms with Gasteiger partial charge in [-0.3, -0.25) is 4.79 Å². The van der Waals surface area contributed by atoms with E-state index in [-0.39, 0.29) is 5.91 Å². The highest BCUT2D eigenvalue weighted by Gasteiger charge is 2.17. The van der Waals surface area contributed by atoms with Crippen LogP contribution in [0.25, 0.3) is 6.08 Å². The van der Waals surface area contributed by atoms with Crippen molar-refractivity contribution in [3.05, 3.63) is 28.0 Å². The van der Waals surface area contributed by atoms with Crippen molar-refractivity contribution in [1.29, 1.82) is 0 Å². The topological polar surface area (TPSA) is 57.6 Å². The minimum Gasteiger partial charge on any atom is -0.478 e. The number of carboxylic acid groups (broad SMARTS) is 1. The summed E-state index contributed by atoms with van der Waals surface area (Å²) in [7, 11) is 0. The third-order valence-electron chi connectivity index (χ3n) is 3.37. The molecular formula is C15H19NO3S. The van der Waals surface area contributed by atoms with Crippen LogP contribution in [-0.2, 0) is 4.79 Å². The highest BCUT2D eigenvalue weighted by molar-refractivity contribution is 7.14. The number of hydrogen-bond acceptors (Lipinski definition) is 3. The minimum atomic E-state index is -0.977. The van der Waals surface area contributed by atoms with Crippen LogP contribution in [-0.4, -0.2) is 35.0 Å². The Morgan fingerprint density at radius 3 is 2.40 bits per heavy atom. The Bertz CT molecular complexity index is 499. The van der Waals surface area contributed by atoms with Gasteiger partial charge in [0.05, 0.1) is 4.88 Å². The van der Waals surface area contributed by atoms with Crippen molar-refractivity contribution in [2.24, 2.45) is 0 Å². The summed E-state index contributed by atoms with van der Waals surface area (Å²) in [6, 6.07) is 3.58. The first-order valence-corrected chi connectivity index (χ1v) is 7.78. The van der Waals surface area contributed by atoms with E-state index in [1.165, 1.54) is 36.7 Å². The lowest BCUT2D eigenvalue weighted by Crippen LogP contribution is -2.33. The molecule has 0 saturated carbocycles. The first kappa shape index (κ1) is 14.8. The molecule has 5 heteroatoms. The maximum Gasteiger partial charge on any atom is 0.328 e. The van der Waals surface area contributed by atoms with E-state index >= 15 is 0 Å². The number of hydrogen-bond donors (Lipinski definition) is 1. The number of amides is 1. The van der Waals surface area contributed by atoms with E-state index in [0.29, 0.717) is 4.88 Å². The van der Waals surface area contributed by atoms with Crippen LogP contribution < -0.4 is 0 Å². The van der Waals surface area contributed by atoms with Crippen LogP contribution in [0, 0.1) is 0 Å². The third-order valence-corrected chi connectivity index (χ3v) is 4.41. The van der Waals surface area contributed by atoms with Crippen molar-refractivity contribution in [3.8, 4) is 0 Å². The van der Waals surface area contributed by atoms with E-state index in [2.05, 4.69) is 0 Å². The van der Waals surface area contributed by atoms with Gasteiger partial charge in [-0.1, -0.05) is 19.3 Å². The quantitative estimate of drug-likeness (QED) is 0.870. The molecule has 1 aliphatic heterocycles. The molecule has 0 unspecified atom stereocenters. The van der Waals surface area contributed by atoms with Gasteiger partial charge in [0.15, 0.2) is 0 Å². The molecule has 1 aromatic heterocycles. The van der Waals surface area contributed by atoms with E-state index in [1.54, 1.807) is 12.1 Å². The lowest BCUT2D eigenvalue weighted by Gasteiger charge is -2.24. The predicted octanol–water partition coefficient (Wildman–Crippen LogP) is 3.25. The number of nitrogens with zero attached hydrogens (tertiary/aromatic N) is 1. The molecule has 1 N–H and O–H groups in total. The minimum absolute atomic E-state index is 0.0758. The van der Waals surface area contributed by atoms with Crippen molar-refractivity contribution < 1.29 is 14.7 Å². The van der Waals surface area contributed by atoms with E-state index in [4.69, 9.17) is 5.11 Å². The molecular weight excluding hydrogens is 274 g/mol. The SMILES string of the molecule is O=C(O)C=Cc1ccc(C(=O)N2CCCCCCC2)s1. The number of thiophene rings is 1. The molecule has 1 aliphatic rings. The molecule has 2 heterocycles. The molecule has 1 saturated heterocycles. The maximum absolute atomic E-state index is 12.4. The van der Waals surface area contributed by atoms with E-state index in [9.17, 15) is 9.59 Å². The van der Waals surface area contributed by atoms with Crippen molar-refractivity contribution in [1.82, 2.24) is 4.90 Å². The number of carboxylic acids is 1.